The molecule has 0 aliphatic carbocycles. The number of nitrogens with one attached hydrogen (secondary N) is 1. The largest absolute Gasteiger partial charge is 0.496 e. The van der Waals surface area contributed by atoms with Gasteiger partial charge in [-0.15, -0.1) is 0 Å². The van der Waals surface area contributed by atoms with Crippen LogP contribution in [0.5, 0.6) is 5.75 Å². The van der Waals surface area contributed by atoms with Gasteiger partial charge in [-0.3, -0.25) is 4.79 Å². The summed E-state index contributed by atoms with van der Waals surface area (Å²) in [6.07, 6.45) is 1.48. The molecule has 0 aliphatic rings. The number of carbonyl (C=O) groups excluding carboxylic acids is 1. The Morgan fingerprint density at radius 2 is 2.21 bits per heavy atom. The van der Waals surface area contributed by atoms with Crippen LogP contribution in [0.1, 0.15) is 37.0 Å². The van der Waals surface area contributed by atoms with Gasteiger partial charge in [-0.25, -0.2) is 0 Å². The number of amides is 1. The molecule has 0 aromatic heterocycles. The zero-order valence-electron chi connectivity index (χ0n) is 11.7. The first-order chi connectivity index (χ1) is 8.89. The SMILES string of the molecule is CCCC(C)(O)CNC(=O)c1cc(N)ccc1OC. The topological polar surface area (TPSA) is 84.6 Å². The molecule has 4 N–H and O–H groups in total. The summed E-state index contributed by atoms with van der Waals surface area (Å²) in [4.78, 5) is 12.1. The van der Waals surface area contributed by atoms with Crippen LogP contribution < -0.4 is 15.8 Å². The first kappa shape index (κ1) is 15.3. The molecular weight excluding hydrogens is 244 g/mol. The first-order valence-electron chi connectivity index (χ1n) is 6.33. The second-order valence-corrected chi connectivity index (χ2v) is 4.89. The van der Waals surface area contributed by atoms with Crippen LogP contribution in [0.3, 0.4) is 0 Å². The summed E-state index contributed by atoms with van der Waals surface area (Å²) in [5, 5.41) is 12.7. The summed E-state index contributed by atoms with van der Waals surface area (Å²) in [5.74, 6) is 0.155. The molecule has 0 fully saturated rings. The van der Waals surface area contributed by atoms with E-state index in [9.17, 15) is 9.90 Å². The Balaban J connectivity index is 2.76. The summed E-state index contributed by atoms with van der Waals surface area (Å²) in [5.41, 5.74) is 5.62. The number of carbonyl (C=O) groups is 1. The van der Waals surface area contributed by atoms with E-state index in [0.29, 0.717) is 23.4 Å². The molecule has 0 bridgehead atoms. The van der Waals surface area contributed by atoms with E-state index < -0.39 is 5.60 Å². The van der Waals surface area contributed by atoms with Crippen molar-refractivity contribution in [1.29, 1.82) is 0 Å². The van der Waals surface area contributed by atoms with Crippen molar-refractivity contribution in [2.45, 2.75) is 32.3 Å². The lowest BCUT2D eigenvalue weighted by Crippen LogP contribution is -2.40. The highest BCUT2D eigenvalue weighted by Gasteiger charge is 2.21. The van der Waals surface area contributed by atoms with Gasteiger partial charge in [0.2, 0.25) is 0 Å². The number of nitrogens with two attached hydrogens (primary N) is 1. The number of methoxy groups -OCH3 is 1. The maximum Gasteiger partial charge on any atom is 0.255 e. The fourth-order valence-corrected chi connectivity index (χ4v) is 1.90. The highest BCUT2D eigenvalue weighted by Crippen LogP contribution is 2.21. The smallest absolute Gasteiger partial charge is 0.255 e. The van der Waals surface area contributed by atoms with Crippen LogP contribution >= 0.6 is 0 Å². The van der Waals surface area contributed by atoms with E-state index in [0.717, 1.165) is 6.42 Å². The van der Waals surface area contributed by atoms with Crippen molar-refractivity contribution >= 4 is 11.6 Å². The Labute approximate surface area is 113 Å². The minimum atomic E-state index is -0.905. The lowest BCUT2D eigenvalue weighted by atomic mass is 10.0. The van der Waals surface area contributed by atoms with Crippen molar-refractivity contribution in [2.75, 3.05) is 19.4 Å². The maximum atomic E-state index is 12.1. The summed E-state index contributed by atoms with van der Waals surface area (Å²) in [7, 11) is 1.50. The summed E-state index contributed by atoms with van der Waals surface area (Å²) < 4.78 is 5.12. The van der Waals surface area contributed by atoms with Gasteiger partial charge in [0.05, 0.1) is 18.3 Å². The van der Waals surface area contributed by atoms with Crippen molar-refractivity contribution in [2.24, 2.45) is 0 Å². The molecule has 1 atom stereocenters. The van der Waals surface area contributed by atoms with Gasteiger partial charge < -0.3 is 20.9 Å². The molecule has 0 aliphatic heterocycles. The summed E-state index contributed by atoms with van der Waals surface area (Å²) in [6, 6.07) is 4.87. The molecule has 19 heavy (non-hydrogen) atoms. The van der Waals surface area contributed by atoms with Crippen molar-refractivity contribution in [3.8, 4) is 5.75 Å². The highest BCUT2D eigenvalue weighted by molar-refractivity contribution is 5.97. The van der Waals surface area contributed by atoms with E-state index in [2.05, 4.69) is 5.32 Å². The average Bonchev–Trinajstić information content (AvgIpc) is 2.36. The molecule has 1 aromatic rings. The van der Waals surface area contributed by atoms with Crippen LogP contribution in [0.25, 0.3) is 0 Å². The fourth-order valence-electron chi connectivity index (χ4n) is 1.90. The number of hydrogen-bond acceptors (Lipinski definition) is 4. The van der Waals surface area contributed by atoms with Gasteiger partial charge in [-0.05, 0) is 31.5 Å². The van der Waals surface area contributed by atoms with Gasteiger partial charge in [-0.2, -0.15) is 0 Å². The molecule has 0 heterocycles. The molecule has 5 heteroatoms. The van der Waals surface area contributed by atoms with E-state index in [1.165, 1.54) is 7.11 Å². The number of aliphatic hydroxyl groups is 1. The molecule has 1 unspecified atom stereocenters. The normalized spacial score (nSPS) is 13.7. The van der Waals surface area contributed by atoms with Gasteiger partial charge in [-0.1, -0.05) is 13.3 Å². The van der Waals surface area contributed by atoms with E-state index in [1.807, 2.05) is 6.92 Å². The van der Waals surface area contributed by atoms with Crippen LogP contribution in [0.4, 0.5) is 5.69 Å². The number of ether oxygens (including phenoxy) is 1. The predicted molar refractivity (Wildman–Crippen MR) is 75.3 cm³/mol. The third kappa shape index (κ3) is 4.44. The van der Waals surface area contributed by atoms with E-state index >= 15 is 0 Å². The Bertz CT molecular complexity index is 444. The summed E-state index contributed by atoms with van der Waals surface area (Å²) >= 11 is 0. The van der Waals surface area contributed by atoms with Crippen LogP contribution in [-0.2, 0) is 0 Å². The quantitative estimate of drug-likeness (QED) is 0.682. The Morgan fingerprint density at radius 1 is 1.53 bits per heavy atom. The van der Waals surface area contributed by atoms with Gasteiger partial charge >= 0.3 is 0 Å². The monoisotopic (exact) mass is 266 g/mol. The number of nitrogen functional groups attached to an aromatic ring is 1. The fraction of sp³-hybridized carbons (Fsp3) is 0.500. The number of anilines is 1. The van der Waals surface area contributed by atoms with E-state index in [4.69, 9.17) is 10.5 Å². The Morgan fingerprint density at radius 3 is 2.79 bits per heavy atom. The van der Waals surface area contributed by atoms with Gasteiger partial charge in [0.1, 0.15) is 5.75 Å². The summed E-state index contributed by atoms with van der Waals surface area (Å²) in [6.45, 7) is 3.88. The molecule has 106 valence electrons. The van der Waals surface area contributed by atoms with Crippen LogP contribution in [0.15, 0.2) is 18.2 Å². The van der Waals surface area contributed by atoms with Crippen LogP contribution in [-0.4, -0.2) is 30.3 Å². The van der Waals surface area contributed by atoms with E-state index in [-0.39, 0.29) is 12.5 Å². The van der Waals surface area contributed by atoms with Crippen molar-refractivity contribution in [1.82, 2.24) is 5.32 Å². The maximum absolute atomic E-state index is 12.1. The standard InChI is InChI=1S/C14H22N2O3/c1-4-7-14(2,18)9-16-13(17)11-8-10(15)5-6-12(11)19-3/h5-6,8,18H,4,7,9,15H2,1-3H3,(H,16,17). The molecule has 0 saturated heterocycles. The van der Waals surface area contributed by atoms with Crippen molar-refractivity contribution in [3.63, 3.8) is 0 Å². The third-order valence-electron chi connectivity index (χ3n) is 2.89. The van der Waals surface area contributed by atoms with Crippen LogP contribution in [0, 0.1) is 0 Å². The number of benzene rings is 1. The minimum absolute atomic E-state index is 0.192. The second kappa shape index (κ2) is 6.43. The van der Waals surface area contributed by atoms with E-state index in [1.54, 1.807) is 25.1 Å². The van der Waals surface area contributed by atoms with Gasteiger partial charge in [0.15, 0.2) is 0 Å². The molecule has 1 aromatic carbocycles. The molecule has 1 amide bonds. The Kier molecular flexibility index (Phi) is 5.18. The average molecular weight is 266 g/mol. The van der Waals surface area contributed by atoms with Gasteiger partial charge in [0, 0.05) is 12.2 Å². The molecule has 0 spiro atoms. The molecule has 0 radical (unpaired) electrons. The molecule has 5 nitrogen and oxygen atoms in total. The Hall–Kier alpha value is -1.75. The first-order valence-corrected chi connectivity index (χ1v) is 6.33. The van der Waals surface area contributed by atoms with Crippen molar-refractivity contribution in [3.05, 3.63) is 23.8 Å². The zero-order chi connectivity index (χ0) is 14.5. The predicted octanol–water partition coefficient (Wildman–Crippen LogP) is 1.56. The van der Waals surface area contributed by atoms with Crippen LogP contribution in [0.2, 0.25) is 0 Å². The third-order valence-corrected chi connectivity index (χ3v) is 2.89. The molecule has 0 saturated carbocycles. The second-order valence-electron chi connectivity index (χ2n) is 4.89. The number of hydrogen-bond donors (Lipinski definition) is 3. The molecule has 1 rings (SSSR count). The lowest BCUT2D eigenvalue weighted by Gasteiger charge is -2.23. The van der Waals surface area contributed by atoms with Crippen molar-refractivity contribution < 1.29 is 14.6 Å². The van der Waals surface area contributed by atoms with Gasteiger partial charge in [0.25, 0.3) is 5.91 Å². The minimum Gasteiger partial charge on any atom is -0.496 e. The lowest BCUT2D eigenvalue weighted by molar-refractivity contribution is 0.0469. The zero-order valence-corrected chi connectivity index (χ0v) is 11.7. The number of rotatable bonds is 6. The molecular formula is C14H22N2O3. The highest BCUT2D eigenvalue weighted by atomic mass is 16.5.